The number of nitrogens with zero attached hydrogens (tertiary/aromatic N) is 1. The Bertz CT molecular complexity index is 443. The van der Waals surface area contributed by atoms with Gasteiger partial charge in [-0.05, 0) is 38.4 Å². The van der Waals surface area contributed by atoms with Gasteiger partial charge in [0.15, 0.2) is 9.84 Å². The Morgan fingerprint density at radius 3 is 2.75 bits per heavy atom. The van der Waals surface area contributed by atoms with Crippen molar-refractivity contribution in [3.8, 4) is 0 Å². The summed E-state index contributed by atoms with van der Waals surface area (Å²) >= 11 is 0. The second kappa shape index (κ2) is 5.41. The Balaban J connectivity index is 2.85. The van der Waals surface area contributed by atoms with Crippen LogP contribution in [0.25, 0.3) is 0 Å². The molecule has 0 amide bonds. The Labute approximate surface area is 96.8 Å². The first-order valence-electron chi connectivity index (χ1n) is 5.29. The smallest absolute Gasteiger partial charge is 0.158 e. The number of hydrogen-bond acceptors (Lipinski definition) is 4. The predicted octanol–water partition coefficient (Wildman–Crippen LogP) is 1.04. The van der Waals surface area contributed by atoms with E-state index in [1.807, 2.05) is 13.0 Å². The minimum absolute atomic E-state index is 0.000833. The van der Waals surface area contributed by atoms with Crippen molar-refractivity contribution in [3.05, 3.63) is 29.6 Å². The third-order valence-corrected chi connectivity index (χ3v) is 4.78. The van der Waals surface area contributed by atoms with E-state index in [2.05, 4.69) is 4.98 Å². The molecule has 1 atom stereocenters. The molecule has 0 spiro atoms. The number of sulfone groups is 1. The maximum Gasteiger partial charge on any atom is 0.158 e. The first-order valence-corrected chi connectivity index (χ1v) is 7.01. The second-order valence-electron chi connectivity index (χ2n) is 3.96. The molecule has 1 aromatic heterocycles. The molecule has 0 aromatic carbocycles. The Morgan fingerprint density at radius 1 is 1.50 bits per heavy atom. The van der Waals surface area contributed by atoms with Crippen LogP contribution in [0.3, 0.4) is 0 Å². The zero-order valence-corrected chi connectivity index (χ0v) is 10.5. The van der Waals surface area contributed by atoms with E-state index in [1.54, 1.807) is 19.2 Å². The molecule has 5 heteroatoms. The van der Waals surface area contributed by atoms with Gasteiger partial charge in [0.05, 0.1) is 16.7 Å². The number of hydrogen-bond donors (Lipinski definition) is 1. The van der Waals surface area contributed by atoms with E-state index in [4.69, 9.17) is 5.73 Å². The first-order chi connectivity index (χ1) is 7.47. The van der Waals surface area contributed by atoms with Crippen molar-refractivity contribution in [2.24, 2.45) is 5.73 Å². The molecule has 0 aliphatic carbocycles. The minimum atomic E-state index is -3.14. The van der Waals surface area contributed by atoms with Gasteiger partial charge >= 0.3 is 0 Å². The fourth-order valence-corrected chi connectivity index (χ4v) is 2.88. The molecule has 0 saturated carbocycles. The Morgan fingerprint density at radius 2 is 2.19 bits per heavy atom. The molecule has 1 rings (SSSR count). The highest BCUT2D eigenvalue weighted by Crippen LogP contribution is 2.14. The monoisotopic (exact) mass is 242 g/mol. The summed E-state index contributed by atoms with van der Waals surface area (Å²) in [6, 6.07) is 3.67. The number of aromatic nitrogens is 1. The van der Waals surface area contributed by atoms with Crippen LogP contribution in [0.4, 0.5) is 0 Å². The van der Waals surface area contributed by atoms with E-state index in [9.17, 15) is 8.42 Å². The van der Waals surface area contributed by atoms with Gasteiger partial charge in [0.2, 0.25) is 0 Å². The summed E-state index contributed by atoms with van der Waals surface area (Å²) in [6.07, 6.45) is 2.11. The summed E-state index contributed by atoms with van der Waals surface area (Å²) in [7, 11) is -3.14. The number of nitrogens with two attached hydrogens (primary N) is 1. The average molecular weight is 242 g/mol. The van der Waals surface area contributed by atoms with E-state index >= 15 is 0 Å². The minimum Gasteiger partial charge on any atom is -0.330 e. The predicted molar refractivity (Wildman–Crippen MR) is 64.7 cm³/mol. The van der Waals surface area contributed by atoms with Gasteiger partial charge in [-0.1, -0.05) is 6.07 Å². The van der Waals surface area contributed by atoms with E-state index in [0.29, 0.717) is 18.7 Å². The number of pyridine rings is 1. The van der Waals surface area contributed by atoms with Gasteiger partial charge in [0.25, 0.3) is 0 Å². The van der Waals surface area contributed by atoms with Crippen LogP contribution < -0.4 is 5.73 Å². The Kier molecular flexibility index (Phi) is 4.44. The summed E-state index contributed by atoms with van der Waals surface area (Å²) in [4.78, 5) is 4.10. The van der Waals surface area contributed by atoms with Crippen molar-refractivity contribution in [1.82, 2.24) is 4.98 Å². The van der Waals surface area contributed by atoms with Crippen molar-refractivity contribution in [3.63, 3.8) is 0 Å². The maximum atomic E-state index is 11.9. The summed E-state index contributed by atoms with van der Waals surface area (Å²) in [5.41, 5.74) is 6.91. The van der Waals surface area contributed by atoms with Crippen LogP contribution in [0.2, 0.25) is 0 Å². The van der Waals surface area contributed by atoms with E-state index in [0.717, 1.165) is 5.56 Å². The van der Waals surface area contributed by atoms with E-state index in [-0.39, 0.29) is 5.75 Å². The SMILES string of the molecule is Cc1cccnc1CS(=O)(=O)C(C)CCN. The average Bonchev–Trinajstić information content (AvgIpc) is 2.21. The summed E-state index contributed by atoms with van der Waals surface area (Å²) in [6.45, 7) is 3.95. The van der Waals surface area contributed by atoms with Gasteiger partial charge in [0, 0.05) is 6.20 Å². The highest BCUT2D eigenvalue weighted by molar-refractivity contribution is 7.91. The van der Waals surface area contributed by atoms with Crippen molar-refractivity contribution >= 4 is 9.84 Å². The van der Waals surface area contributed by atoms with Crippen LogP contribution in [-0.4, -0.2) is 25.2 Å². The standard InChI is InChI=1S/C11H18N2O2S/c1-9-4-3-7-13-11(9)8-16(14,15)10(2)5-6-12/h3-4,7,10H,5-6,8,12H2,1-2H3. The molecule has 0 radical (unpaired) electrons. The lowest BCUT2D eigenvalue weighted by Gasteiger charge is -2.12. The molecular formula is C11H18N2O2S. The van der Waals surface area contributed by atoms with Crippen LogP contribution in [0.5, 0.6) is 0 Å². The summed E-state index contributed by atoms with van der Waals surface area (Å²) < 4.78 is 23.9. The molecule has 0 saturated heterocycles. The lowest BCUT2D eigenvalue weighted by molar-refractivity contribution is 0.576. The molecule has 0 aliphatic rings. The summed E-state index contributed by atoms with van der Waals surface area (Å²) in [5.74, 6) is 0.000833. The van der Waals surface area contributed by atoms with Crippen molar-refractivity contribution < 1.29 is 8.42 Å². The van der Waals surface area contributed by atoms with Crippen LogP contribution >= 0.6 is 0 Å². The maximum absolute atomic E-state index is 11.9. The van der Waals surface area contributed by atoms with Crippen LogP contribution in [0, 0.1) is 6.92 Å². The second-order valence-corrected chi connectivity index (χ2v) is 6.38. The van der Waals surface area contributed by atoms with Crippen molar-refractivity contribution in [2.75, 3.05) is 6.54 Å². The quantitative estimate of drug-likeness (QED) is 0.837. The third-order valence-electron chi connectivity index (χ3n) is 2.64. The van der Waals surface area contributed by atoms with Gasteiger partial charge in [-0.15, -0.1) is 0 Å². The fraction of sp³-hybridized carbons (Fsp3) is 0.545. The molecule has 2 N–H and O–H groups in total. The molecule has 0 bridgehead atoms. The lowest BCUT2D eigenvalue weighted by Crippen LogP contribution is -2.23. The third kappa shape index (κ3) is 3.28. The molecule has 1 unspecified atom stereocenters. The van der Waals surface area contributed by atoms with Crippen molar-refractivity contribution in [1.29, 1.82) is 0 Å². The molecule has 4 nitrogen and oxygen atoms in total. The van der Waals surface area contributed by atoms with E-state index < -0.39 is 15.1 Å². The van der Waals surface area contributed by atoms with Gasteiger partial charge in [0.1, 0.15) is 0 Å². The normalized spacial score (nSPS) is 13.7. The molecule has 16 heavy (non-hydrogen) atoms. The largest absolute Gasteiger partial charge is 0.330 e. The molecule has 0 aliphatic heterocycles. The zero-order valence-electron chi connectivity index (χ0n) is 9.68. The number of aryl methyl sites for hydroxylation is 1. The zero-order chi connectivity index (χ0) is 12.2. The molecule has 1 heterocycles. The highest BCUT2D eigenvalue weighted by atomic mass is 32.2. The van der Waals surface area contributed by atoms with Crippen molar-refractivity contribution in [2.45, 2.75) is 31.3 Å². The van der Waals surface area contributed by atoms with E-state index in [1.165, 1.54) is 0 Å². The molecule has 1 aromatic rings. The van der Waals surface area contributed by atoms with Gasteiger partial charge < -0.3 is 5.73 Å². The highest BCUT2D eigenvalue weighted by Gasteiger charge is 2.21. The van der Waals surface area contributed by atoms with Crippen LogP contribution in [-0.2, 0) is 15.6 Å². The van der Waals surface area contributed by atoms with Crippen LogP contribution in [0.1, 0.15) is 24.6 Å². The van der Waals surface area contributed by atoms with Gasteiger partial charge in [-0.25, -0.2) is 8.42 Å². The Hall–Kier alpha value is -0.940. The van der Waals surface area contributed by atoms with Gasteiger partial charge in [-0.2, -0.15) is 0 Å². The molecule has 90 valence electrons. The van der Waals surface area contributed by atoms with Crippen LogP contribution in [0.15, 0.2) is 18.3 Å². The number of rotatable bonds is 5. The first kappa shape index (κ1) is 13.1. The van der Waals surface area contributed by atoms with Gasteiger partial charge in [-0.3, -0.25) is 4.98 Å². The molecular weight excluding hydrogens is 224 g/mol. The topological polar surface area (TPSA) is 73.0 Å². The fourth-order valence-electron chi connectivity index (χ4n) is 1.42. The molecule has 0 fully saturated rings. The lowest BCUT2D eigenvalue weighted by atomic mass is 10.2. The summed E-state index contributed by atoms with van der Waals surface area (Å²) in [5, 5.41) is -0.404.